The standard InChI is InChI=1S/C23H28N2O5S/c1-14(15-10-19(28-2)22(30-4)20(11-15)29-3)24-23(27)16-12-21(26)25(13-16)17-6-8-18(31-5)9-7-17/h6-11,14,16H,12-13H2,1-5H3,(H,24,27). The van der Waals surface area contributed by atoms with E-state index in [1.165, 1.54) is 0 Å². The van der Waals surface area contributed by atoms with E-state index in [1.54, 1.807) is 38.0 Å². The third-order valence-electron chi connectivity index (χ3n) is 5.43. The van der Waals surface area contributed by atoms with Gasteiger partial charge in [0, 0.05) is 23.5 Å². The number of amides is 2. The molecule has 2 amide bonds. The van der Waals surface area contributed by atoms with Crippen molar-refractivity contribution in [3.05, 3.63) is 42.0 Å². The molecule has 2 unspecified atom stereocenters. The average Bonchev–Trinajstić information content (AvgIpc) is 3.19. The Morgan fingerprint density at radius 2 is 1.71 bits per heavy atom. The molecule has 1 aliphatic rings. The van der Waals surface area contributed by atoms with Crippen LogP contribution in [0.1, 0.15) is 24.9 Å². The first kappa shape index (κ1) is 22.8. The smallest absolute Gasteiger partial charge is 0.227 e. The van der Waals surface area contributed by atoms with Gasteiger partial charge >= 0.3 is 0 Å². The van der Waals surface area contributed by atoms with Crippen LogP contribution in [0, 0.1) is 5.92 Å². The zero-order chi connectivity index (χ0) is 22.5. The van der Waals surface area contributed by atoms with Crippen LogP contribution in [0.3, 0.4) is 0 Å². The Morgan fingerprint density at radius 1 is 1.10 bits per heavy atom. The SMILES string of the molecule is COc1cc(C(C)NC(=O)C2CC(=O)N(c3ccc(SC)cc3)C2)cc(OC)c1OC. The molecule has 0 aromatic heterocycles. The minimum Gasteiger partial charge on any atom is -0.493 e. The highest BCUT2D eigenvalue weighted by Gasteiger charge is 2.35. The summed E-state index contributed by atoms with van der Waals surface area (Å²) >= 11 is 1.65. The quantitative estimate of drug-likeness (QED) is 0.626. The number of nitrogens with one attached hydrogen (secondary N) is 1. The number of anilines is 1. The van der Waals surface area contributed by atoms with Gasteiger partial charge in [-0.15, -0.1) is 11.8 Å². The van der Waals surface area contributed by atoms with Crippen molar-refractivity contribution in [2.45, 2.75) is 24.3 Å². The lowest BCUT2D eigenvalue weighted by Crippen LogP contribution is -2.34. The number of rotatable bonds is 8. The van der Waals surface area contributed by atoms with Crippen LogP contribution in [0.25, 0.3) is 0 Å². The highest BCUT2D eigenvalue weighted by atomic mass is 32.2. The molecule has 2 aromatic rings. The molecule has 166 valence electrons. The fourth-order valence-electron chi connectivity index (χ4n) is 3.66. The van der Waals surface area contributed by atoms with Gasteiger partial charge in [0.05, 0.1) is 33.3 Å². The molecule has 3 rings (SSSR count). The lowest BCUT2D eigenvalue weighted by atomic mass is 10.0. The van der Waals surface area contributed by atoms with Crippen LogP contribution < -0.4 is 24.4 Å². The fraction of sp³-hybridized carbons (Fsp3) is 0.391. The highest BCUT2D eigenvalue weighted by Crippen LogP contribution is 2.39. The number of methoxy groups -OCH3 is 3. The number of carbonyl (C=O) groups excluding carboxylic acids is 2. The second-order valence-corrected chi connectivity index (χ2v) is 8.17. The summed E-state index contributed by atoms with van der Waals surface area (Å²) in [5, 5.41) is 3.02. The number of benzene rings is 2. The topological polar surface area (TPSA) is 77.1 Å². The summed E-state index contributed by atoms with van der Waals surface area (Å²) in [5.74, 6) is 0.937. The van der Waals surface area contributed by atoms with Crippen LogP contribution in [-0.4, -0.2) is 45.9 Å². The van der Waals surface area contributed by atoms with Gasteiger partial charge < -0.3 is 24.4 Å². The molecule has 31 heavy (non-hydrogen) atoms. The summed E-state index contributed by atoms with van der Waals surface area (Å²) in [4.78, 5) is 28.2. The summed E-state index contributed by atoms with van der Waals surface area (Å²) < 4.78 is 16.1. The van der Waals surface area contributed by atoms with Crippen molar-refractivity contribution in [3.63, 3.8) is 0 Å². The summed E-state index contributed by atoms with van der Waals surface area (Å²) in [6, 6.07) is 11.1. The first-order valence-electron chi connectivity index (χ1n) is 9.96. The maximum Gasteiger partial charge on any atom is 0.227 e. The van der Waals surface area contributed by atoms with Gasteiger partial charge in [-0.1, -0.05) is 0 Å². The van der Waals surface area contributed by atoms with E-state index in [1.807, 2.05) is 49.6 Å². The Bertz CT molecular complexity index is 922. The molecule has 7 nitrogen and oxygen atoms in total. The number of nitrogens with zero attached hydrogens (tertiary/aromatic N) is 1. The number of carbonyl (C=O) groups is 2. The highest BCUT2D eigenvalue weighted by molar-refractivity contribution is 7.98. The Hall–Kier alpha value is -2.87. The predicted octanol–water partition coefficient (Wildman–Crippen LogP) is 3.66. The van der Waals surface area contributed by atoms with Crippen LogP contribution in [0.5, 0.6) is 17.2 Å². The van der Waals surface area contributed by atoms with Gasteiger partial charge in [-0.05, 0) is 55.1 Å². The van der Waals surface area contributed by atoms with E-state index in [4.69, 9.17) is 14.2 Å². The maximum atomic E-state index is 12.9. The van der Waals surface area contributed by atoms with Crippen molar-refractivity contribution in [2.24, 2.45) is 5.92 Å². The maximum absolute atomic E-state index is 12.9. The number of ether oxygens (including phenoxy) is 3. The third kappa shape index (κ3) is 4.90. The molecule has 0 aliphatic carbocycles. The molecule has 2 atom stereocenters. The van der Waals surface area contributed by atoms with Crippen molar-refractivity contribution >= 4 is 29.3 Å². The zero-order valence-corrected chi connectivity index (χ0v) is 19.2. The summed E-state index contributed by atoms with van der Waals surface area (Å²) in [7, 11) is 4.65. The van der Waals surface area contributed by atoms with Crippen molar-refractivity contribution in [1.29, 1.82) is 0 Å². The normalized spacial score (nSPS) is 16.7. The Labute approximate surface area is 187 Å². The van der Waals surface area contributed by atoms with Crippen molar-refractivity contribution in [1.82, 2.24) is 5.32 Å². The van der Waals surface area contributed by atoms with Crippen molar-refractivity contribution in [3.8, 4) is 17.2 Å². The van der Waals surface area contributed by atoms with Crippen molar-refractivity contribution in [2.75, 3.05) is 39.0 Å². The second-order valence-electron chi connectivity index (χ2n) is 7.29. The molecule has 0 radical (unpaired) electrons. The molecule has 1 aliphatic heterocycles. The van der Waals surface area contributed by atoms with Gasteiger partial charge in [0.1, 0.15) is 0 Å². The van der Waals surface area contributed by atoms with E-state index < -0.39 is 5.92 Å². The van der Waals surface area contributed by atoms with Gasteiger partial charge in [0.25, 0.3) is 0 Å². The van der Waals surface area contributed by atoms with Gasteiger partial charge in [0.2, 0.25) is 17.6 Å². The van der Waals surface area contributed by atoms with Gasteiger partial charge in [0.15, 0.2) is 11.5 Å². The molecule has 0 spiro atoms. The van der Waals surface area contributed by atoms with Crippen LogP contribution in [0.2, 0.25) is 0 Å². The Morgan fingerprint density at radius 3 is 2.23 bits per heavy atom. The van der Waals surface area contributed by atoms with E-state index in [2.05, 4.69) is 5.32 Å². The number of hydrogen-bond donors (Lipinski definition) is 1. The van der Waals surface area contributed by atoms with Crippen LogP contribution in [0.15, 0.2) is 41.3 Å². The van der Waals surface area contributed by atoms with Gasteiger partial charge in [-0.3, -0.25) is 9.59 Å². The first-order chi connectivity index (χ1) is 14.9. The van der Waals surface area contributed by atoms with E-state index in [0.717, 1.165) is 16.1 Å². The molecule has 0 saturated carbocycles. The first-order valence-corrected chi connectivity index (χ1v) is 11.2. The molecular formula is C23H28N2O5S. The van der Waals surface area contributed by atoms with Gasteiger partial charge in [-0.2, -0.15) is 0 Å². The van der Waals surface area contributed by atoms with E-state index in [0.29, 0.717) is 23.8 Å². The zero-order valence-electron chi connectivity index (χ0n) is 18.4. The molecular weight excluding hydrogens is 416 g/mol. The summed E-state index contributed by atoms with van der Waals surface area (Å²) in [5.41, 5.74) is 1.63. The van der Waals surface area contributed by atoms with Crippen LogP contribution in [0.4, 0.5) is 5.69 Å². The molecule has 1 heterocycles. The molecule has 1 saturated heterocycles. The summed E-state index contributed by atoms with van der Waals surface area (Å²) in [6.45, 7) is 2.25. The Balaban J connectivity index is 1.70. The molecule has 0 bridgehead atoms. The lowest BCUT2D eigenvalue weighted by Gasteiger charge is -2.21. The molecule has 8 heteroatoms. The molecule has 1 fully saturated rings. The minimum absolute atomic E-state index is 0.0440. The average molecular weight is 445 g/mol. The number of thioether (sulfide) groups is 1. The van der Waals surface area contributed by atoms with Crippen molar-refractivity contribution < 1.29 is 23.8 Å². The molecule has 1 N–H and O–H groups in total. The largest absolute Gasteiger partial charge is 0.493 e. The van der Waals surface area contributed by atoms with E-state index in [9.17, 15) is 9.59 Å². The predicted molar refractivity (Wildman–Crippen MR) is 121 cm³/mol. The minimum atomic E-state index is -0.405. The van der Waals surface area contributed by atoms with E-state index >= 15 is 0 Å². The third-order valence-corrected chi connectivity index (χ3v) is 6.17. The van der Waals surface area contributed by atoms with Crippen LogP contribution >= 0.6 is 11.8 Å². The van der Waals surface area contributed by atoms with Crippen LogP contribution in [-0.2, 0) is 9.59 Å². The Kier molecular flexibility index (Phi) is 7.33. The van der Waals surface area contributed by atoms with E-state index in [-0.39, 0.29) is 24.3 Å². The fourth-order valence-corrected chi connectivity index (χ4v) is 4.07. The lowest BCUT2D eigenvalue weighted by molar-refractivity contribution is -0.126. The summed E-state index contributed by atoms with van der Waals surface area (Å²) in [6.07, 6.45) is 2.20. The molecule has 2 aromatic carbocycles. The number of hydrogen-bond acceptors (Lipinski definition) is 6. The van der Waals surface area contributed by atoms with Gasteiger partial charge in [-0.25, -0.2) is 0 Å². The monoisotopic (exact) mass is 444 g/mol. The second kappa shape index (κ2) is 9.96.